The summed E-state index contributed by atoms with van der Waals surface area (Å²) < 4.78 is 13.0. The van der Waals surface area contributed by atoms with Gasteiger partial charge in [0.1, 0.15) is 5.82 Å². The first-order chi connectivity index (χ1) is 7.68. The highest BCUT2D eigenvalue weighted by molar-refractivity contribution is 5.99. The van der Waals surface area contributed by atoms with E-state index < -0.39 is 5.82 Å². The van der Waals surface area contributed by atoms with Gasteiger partial charge < -0.3 is 10.6 Å². The Bertz CT molecular complexity index is 400. The van der Waals surface area contributed by atoms with E-state index in [2.05, 4.69) is 0 Å². The maximum atomic E-state index is 13.0. The second-order valence-electron chi connectivity index (χ2n) is 4.08. The molecule has 0 radical (unpaired) electrons. The fraction of sp³-hybridized carbons (Fsp3) is 0.417. The number of benzene rings is 1. The molecule has 16 heavy (non-hydrogen) atoms. The number of carbonyl (C=O) groups excluding carboxylic acids is 1. The Balaban J connectivity index is 2.22. The molecule has 0 unspecified atom stereocenters. The van der Waals surface area contributed by atoms with E-state index in [1.165, 1.54) is 18.2 Å². The zero-order valence-electron chi connectivity index (χ0n) is 9.08. The first-order valence-corrected chi connectivity index (χ1v) is 5.53. The van der Waals surface area contributed by atoms with Crippen LogP contribution in [0.2, 0.25) is 0 Å². The molecule has 1 aromatic rings. The molecule has 2 rings (SSSR count). The third-order valence-electron chi connectivity index (χ3n) is 2.89. The highest BCUT2D eigenvalue weighted by atomic mass is 19.1. The van der Waals surface area contributed by atoms with E-state index in [1.807, 2.05) is 0 Å². The van der Waals surface area contributed by atoms with Gasteiger partial charge in [0.15, 0.2) is 0 Å². The molecule has 1 aromatic carbocycles. The summed E-state index contributed by atoms with van der Waals surface area (Å²) in [7, 11) is 0. The number of piperidine rings is 1. The average molecular weight is 222 g/mol. The molecule has 1 aliphatic heterocycles. The summed E-state index contributed by atoms with van der Waals surface area (Å²) in [5.41, 5.74) is 6.31. The van der Waals surface area contributed by atoms with Crippen LogP contribution in [0.15, 0.2) is 18.2 Å². The molecular formula is C12H15FN2O. The second-order valence-corrected chi connectivity index (χ2v) is 4.08. The Morgan fingerprint density at radius 3 is 2.62 bits per heavy atom. The van der Waals surface area contributed by atoms with E-state index in [1.54, 1.807) is 4.90 Å². The topological polar surface area (TPSA) is 46.3 Å². The molecule has 1 heterocycles. The molecular weight excluding hydrogens is 207 g/mol. The van der Waals surface area contributed by atoms with Crippen molar-refractivity contribution in [2.24, 2.45) is 0 Å². The van der Waals surface area contributed by atoms with Crippen LogP contribution >= 0.6 is 0 Å². The van der Waals surface area contributed by atoms with E-state index in [0.29, 0.717) is 5.69 Å². The molecule has 1 aliphatic rings. The van der Waals surface area contributed by atoms with Crippen LogP contribution in [-0.2, 0) is 0 Å². The summed E-state index contributed by atoms with van der Waals surface area (Å²) >= 11 is 0. The Morgan fingerprint density at radius 2 is 1.94 bits per heavy atom. The first-order valence-electron chi connectivity index (χ1n) is 5.53. The Labute approximate surface area is 94.0 Å². The summed E-state index contributed by atoms with van der Waals surface area (Å²) in [5, 5.41) is 0. The fourth-order valence-electron chi connectivity index (χ4n) is 1.98. The molecule has 0 aromatic heterocycles. The van der Waals surface area contributed by atoms with Gasteiger partial charge in [-0.05, 0) is 37.5 Å². The quantitative estimate of drug-likeness (QED) is 0.739. The summed E-state index contributed by atoms with van der Waals surface area (Å²) in [5.74, 6) is -0.578. The maximum Gasteiger partial charge on any atom is 0.256 e. The van der Waals surface area contributed by atoms with E-state index in [9.17, 15) is 9.18 Å². The van der Waals surface area contributed by atoms with Crippen molar-refractivity contribution in [2.45, 2.75) is 19.3 Å². The molecule has 1 saturated heterocycles. The number of nitrogens with zero attached hydrogens (tertiary/aromatic N) is 1. The minimum Gasteiger partial charge on any atom is -0.398 e. The number of nitrogens with two attached hydrogens (primary N) is 1. The number of nitrogen functional groups attached to an aromatic ring is 1. The predicted octanol–water partition coefficient (Wildman–Crippen LogP) is 2.03. The van der Waals surface area contributed by atoms with Gasteiger partial charge in [0.25, 0.3) is 5.91 Å². The summed E-state index contributed by atoms with van der Waals surface area (Å²) in [6.45, 7) is 1.49. The molecule has 1 amide bonds. The smallest absolute Gasteiger partial charge is 0.256 e. The van der Waals surface area contributed by atoms with Crippen LogP contribution in [0, 0.1) is 5.82 Å². The standard InChI is InChI=1S/C12H15FN2O/c13-9-4-5-11(14)10(8-9)12(16)15-6-2-1-3-7-15/h4-5,8H,1-3,6-7,14H2. The molecule has 4 heteroatoms. The van der Waals surface area contributed by atoms with Crippen LogP contribution in [0.25, 0.3) is 0 Å². The minimum atomic E-state index is -0.422. The molecule has 0 saturated carbocycles. The predicted molar refractivity (Wildman–Crippen MR) is 60.6 cm³/mol. The summed E-state index contributed by atoms with van der Waals surface area (Å²) in [6, 6.07) is 3.92. The lowest BCUT2D eigenvalue weighted by atomic mass is 10.1. The number of rotatable bonds is 1. The van der Waals surface area contributed by atoms with Crippen LogP contribution in [0.5, 0.6) is 0 Å². The van der Waals surface area contributed by atoms with Crippen molar-refractivity contribution in [3.05, 3.63) is 29.6 Å². The number of likely N-dealkylation sites (tertiary alicyclic amines) is 1. The number of amides is 1. The Hall–Kier alpha value is -1.58. The average Bonchev–Trinajstić information content (AvgIpc) is 2.32. The van der Waals surface area contributed by atoms with Gasteiger partial charge in [-0.3, -0.25) is 4.79 Å². The third kappa shape index (κ3) is 2.15. The van der Waals surface area contributed by atoms with Crippen LogP contribution in [0.4, 0.5) is 10.1 Å². The SMILES string of the molecule is Nc1ccc(F)cc1C(=O)N1CCCCC1. The van der Waals surface area contributed by atoms with Gasteiger partial charge in [-0.15, -0.1) is 0 Å². The van der Waals surface area contributed by atoms with Crippen LogP contribution in [-0.4, -0.2) is 23.9 Å². The molecule has 1 fully saturated rings. The second kappa shape index (κ2) is 4.51. The number of hydrogen-bond acceptors (Lipinski definition) is 2. The van der Waals surface area contributed by atoms with Gasteiger partial charge in [-0.25, -0.2) is 4.39 Å². The van der Waals surface area contributed by atoms with E-state index in [-0.39, 0.29) is 11.5 Å². The highest BCUT2D eigenvalue weighted by Crippen LogP contribution is 2.18. The van der Waals surface area contributed by atoms with Crippen LogP contribution in [0.3, 0.4) is 0 Å². The molecule has 0 aliphatic carbocycles. The molecule has 86 valence electrons. The lowest BCUT2D eigenvalue weighted by molar-refractivity contribution is 0.0725. The van der Waals surface area contributed by atoms with Crippen LogP contribution < -0.4 is 5.73 Å². The molecule has 0 spiro atoms. The molecule has 3 nitrogen and oxygen atoms in total. The maximum absolute atomic E-state index is 13.0. The number of carbonyl (C=O) groups is 1. The first kappa shape index (κ1) is 10.9. The van der Waals surface area contributed by atoms with Crippen molar-refractivity contribution in [3.63, 3.8) is 0 Å². The third-order valence-corrected chi connectivity index (χ3v) is 2.89. The normalized spacial score (nSPS) is 16.2. The monoisotopic (exact) mass is 222 g/mol. The van der Waals surface area contributed by atoms with E-state index in [4.69, 9.17) is 5.73 Å². The number of anilines is 1. The summed E-state index contributed by atoms with van der Waals surface area (Å²) in [4.78, 5) is 13.8. The van der Waals surface area contributed by atoms with Crippen molar-refractivity contribution >= 4 is 11.6 Å². The Kier molecular flexibility index (Phi) is 3.08. The van der Waals surface area contributed by atoms with Gasteiger partial charge in [0.2, 0.25) is 0 Å². The number of halogens is 1. The van der Waals surface area contributed by atoms with Gasteiger partial charge in [-0.1, -0.05) is 0 Å². The highest BCUT2D eigenvalue weighted by Gasteiger charge is 2.20. The van der Waals surface area contributed by atoms with Crippen molar-refractivity contribution in [2.75, 3.05) is 18.8 Å². The van der Waals surface area contributed by atoms with E-state index in [0.717, 1.165) is 32.4 Å². The van der Waals surface area contributed by atoms with Gasteiger partial charge in [-0.2, -0.15) is 0 Å². The van der Waals surface area contributed by atoms with Crippen molar-refractivity contribution in [1.29, 1.82) is 0 Å². The van der Waals surface area contributed by atoms with Crippen molar-refractivity contribution in [3.8, 4) is 0 Å². The van der Waals surface area contributed by atoms with Gasteiger partial charge in [0.05, 0.1) is 5.56 Å². The fourth-order valence-corrected chi connectivity index (χ4v) is 1.98. The zero-order chi connectivity index (χ0) is 11.5. The lowest BCUT2D eigenvalue weighted by Crippen LogP contribution is -2.36. The number of hydrogen-bond donors (Lipinski definition) is 1. The van der Waals surface area contributed by atoms with Gasteiger partial charge >= 0.3 is 0 Å². The molecule has 2 N–H and O–H groups in total. The van der Waals surface area contributed by atoms with Crippen LogP contribution in [0.1, 0.15) is 29.6 Å². The Morgan fingerprint density at radius 1 is 1.25 bits per heavy atom. The lowest BCUT2D eigenvalue weighted by Gasteiger charge is -2.27. The van der Waals surface area contributed by atoms with Crippen molar-refractivity contribution in [1.82, 2.24) is 4.90 Å². The largest absolute Gasteiger partial charge is 0.398 e. The van der Waals surface area contributed by atoms with Gasteiger partial charge in [0, 0.05) is 18.8 Å². The zero-order valence-corrected chi connectivity index (χ0v) is 9.08. The molecule has 0 atom stereocenters. The van der Waals surface area contributed by atoms with E-state index >= 15 is 0 Å². The summed E-state index contributed by atoms with van der Waals surface area (Å²) in [6.07, 6.45) is 3.18. The van der Waals surface area contributed by atoms with Crippen molar-refractivity contribution < 1.29 is 9.18 Å². The minimum absolute atomic E-state index is 0.156. The molecule has 0 bridgehead atoms.